The molecule has 0 spiro atoms. The number of anilines is 1. The topological polar surface area (TPSA) is 97.3 Å². The van der Waals surface area contributed by atoms with Gasteiger partial charge >= 0.3 is 0 Å². The lowest BCUT2D eigenvalue weighted by Gasteiger charge is -2.25. The van der Waals surface area contributed by atoms with E-state index in [2.05, 4.69) is 40.5 Å². The molecule has 3 heterocycles. The summed E-state index contributed by atoms with van der Waals surface area (Å²) in [4.78, 5) is 14.0. The van der Waals surface area contributed by atoms with Crippen LogP contribution in [0.5, 0.6) is 11.5 Å². The molecular weight excluding hydrogens is 478 g/mol. The first-order valence-corrected chi connectivity index (χ1v) is 12.5. The number of hydrogen-bond acceptors (Lipinski definition) is 7. The molecule has 0 atom stereocenters. The minimum Gasteiger partial charge on any atom is -0.497 e. The summed E-state index contributed by atoms with van der Waals surface area (Å²) in [7, 11) is 3.36. The van der Waals surface area contributed by atoms with Crippen LogP contribution < -0.4 is 15.2 Å². The summed E-state index contributed by atoms with van der Waals surface area (Å²) in [6.45, 7) is 10.6. The van der Waals surface area contributed by atoms with E-state index < -0.39 is 5.60 Å². The molecule has 0 radical (unpaired) electrons. The molecule has 0 aliphatic rings. The lowest BCUT2D eigenvalue weighted by molar-refractivity contribution is 0.0185. The highest BCUT2D eigenvalue weighted by molar-refractivity contribution is 6.11. The maximum absolute atomic E-state index is 6.43. The first-order chi connectivity index (χ1) is 18.2. The van der Waals surface area contributed by atoms with Crippen LogP contribution in [0.15, 0.2) is 48.8 Å². The number of aromatic nitrogens is 4. The van der Waals surface area contributed by atoms with Gasteiger partial charge in [-0.25, -0.2) is 15.0 Å². The van der Waals surface area contributed by atoms with Crippen LogP contribution in [0, 0.1) is 20.8 Å². The highest BCUT2D eigenvalue weighted by Crippen LogP contribution is 2.39. The number of benzene rings is 2. The lowest BCUT2D eigenvalue weighted by Crippen LogP contribution is -2.21. The third-order valence-corrected chi connectivity index (χ3v) is 7.26. The number of nitrogen functional groups attached to an aromatic ring is 1. The molecule has 2 N–H and O–H groups in total. The number of ether oxygens (including phenoxy) is 3. The fraction of sp³-hybridized carbons (Fsp3) is 0.300. The van der Waals surface area contributed by atoms with Crippen molar-refractivity contribution < 1.29 is 14.2 Å². The van der Waals surface area contributed by atoms with Crippen molar-refractivity contribution in [3.05, 3.63) is 76.7 Å². The van der Waals surface area contributed by atoms with Gasteiger partial charge in [0.05, 0.1) is 23.8 Å². The van der Waals surface area contributed by atoms with Gasteiger partial charge in [-0.15, -0.1) is 0 Å². The Morgan fingerprint density at radius 1 is 0.947 bits per heavy atom. The van der Waals surface area contributed by atoms with Crippen LogP contribution in [0.1, 0.15) is 41.8 Å². The Morgan fingerprint density at radius 2 is 1.68 bits per heavy atom. The molecule has 38 heavy (non-hydrogen) atoms. The summed E-state index contributed by atoms with van der Waals surface area (Å²) >= 11 is 0. The largest absolute Gasteiger partial charge is 0.497 e. The molecule has 196 valence electrons. The zero-order valence-electron chi connectivity index (χ0n) is 22.9. The Bertz CT molecular complexity index is 1660. The van der Waals surface area contributed by atoms with E-state index in [1.165, 1.54) is 6.33 Å². The fourth-order valence-electron chi connectivity index (χ4n) is 5.00. The minimum atomic E-state index is -0.523. The third-order valence-electron chi connectivity index (χ3n) is 7.26. The number of pyridine rings is 1. The van der Waals surface area contributed by atoms with Crippen molar-refractivity contribution in [2.24, 2.45) is 0 Å². The van der Waals surface area contributed by atoms with Crippen LogP contribution in [0.2, 0.25) is 0 Å². The van der Waals surface area contributed by atoms with Crippen LogP contribution in [-0.2, 0) is 16.9 Å². The molecule has 5 aromatic rings. The first kappa shape index (κ1) is 25.5. The first-order valence-electron chi connectivity index (χ1n) is 12.5. The monoisotopic (exact) mass is 511 g/mol. The Balaban J connectivity index is 1.70. The number of fused-ring (bicyclic) bond motifs is 3. The van der Waals surface area contributed by atoms with Gasteiger partial charge in [-0.05, 0) is 70.0 Å². The Labute approximate surface area is 222 Å². The van der Waals surface area contributed by atoms with Crippen LogP contribution in [0.3, 0.4) is 0 Å². The molecule has 0 saturated carbocycles. The second-order valence-corrected chi connectivity index (χ2v) is 9.99. The molecule has 0 fully saturated rings. The van der Waals surface area contributed by atoms with Gasteiger partial charge in [-0.1, -0.05) is 18.2 Å². The van der Waals surface area contributed by atoms with Crippen LogP contribution in [-0.4, -0.2) is 33.7 Å². The van der Waals surface area contributed by atoms with Crippen molar-refractivity contribution >= 4 is 27.9 Å². The van der Waals surface area contributed by atoms with E-state index in [0.29, 0.717) is 18.1 Å². The van der Waals surface area contributed by atoms with Gasteiger partial charge in [0.25, 0.3) is 0 Å². The molecule has 8 nitrogen and oxygen atoms in total. The third kappa shape index (κ3) is 4.20. The second-order valence-electron chi connectivity index (χ2n) is 9.99. The molecule has 8 heteroatoms. The van der Waals surface area contributed by atoms with Gasteiger partial charge in [-0.2, -0.15) is 0 Å². The average Bonchev–Trinajstić information content (AvgIpc) is 3.22. The van der Waals surface area contributed by atoms with Crippen LogP contribution in [0.4, 0.5) is 5.82 Å². The summed E-state index contributed by atoms with van der Waals surface area (Å²) in [6.07, 6.45) is 1.49. The molecule has 5 rings (SSSR count). The van der Waals surface area contributed by atoms with E-state index >= 15 is 0 Å². The number of nitrogens with zero attached hydrogens (tertiary/aromatic N) is 4. The summed E-state index contributed by atoms with van der Waals surface area (Å²) in [5, 5.41) is 1.65. The summed E-state index contributed by atoms with van der Waals surface area (Å²) < 4.78 is 19.4. The van der Waals surface area contributed by atoms with Crippen LogP contribution >= 0.6 is 0 Å². The van der Waals surface area contributed by atoms with Gasteiger partial charge in [0.2, 0.25) is 0 Å². The standard InChI is InChI=1S/C30H33N5O3/c1-17-8-13-24(38-15-20-9-11-21(36-6)12-10-20)18(2)26(17)35-28-22(25-27(31)32-16-33-29(25)35)14-23(19(3)34-28)30(4,5)37-7/h8-14,16H,15H2,1-7H3,(H2,31,32,33). The van der Waals surface area contributed by atoms with Crippen molar-refractivity contribution in [1.29, 1.82) is 0 Å². The predicted molar refractivity (Wildman–Crippen MR) is 150 cm³/mol. The molecule has 0 aliphatic heterocycles. The Morgan fingerprint density at radius 3 is 2.37 bits per heavy atom. The van der Waals surface area contributed by atoms with Crippen molar-refractivity contribution in [2.45, 2.75) is 46.8 Å². The lowest BCUT2D eigenvalue weighted by atomic mass is 9.95. The van der Waals surface area contributed by atoms with Crippen molar-refractivity contribution in [3.8, 4) is 17.2 Å². The highest BCUT2D eigenvalue weighted by atomic mass is 16.5. The van der Waals surface area contributed by atoms with Gasteiger partial charge in [0.1, 0.15) is 35.9 Å². The second kappa shape index (κ2) is 9.61. The van der Waals surface area contributed by atoms with E-state index in [1.807, 2.05) is 51.1 Å². The molecular formula is C30H33N5O3. The number of methoxy groups -OCH3 is 2. The molecule has 0 unspecified atom stereocenters. The van der Waals surface area contributed by atoms with Crippen molar-refractivity contribution in [1.82, 2.24) is 19.5 Å². The maximum atomic E-state index is 6.43. The van der Waals surface area contributed by atoms with Gasteiger partial charge < -0.3 is 19.9 Å². The summed E-state index contributed by atoms with van der Waals surface area (Å²) in [5.74, 6) is 2.01. The van der Waals surface area contributed by atoms with Gasteiger partial charge in [0, 0.05) is 29.3 Å². The SMILES string of the molecule is COc1ccc(COc2ccc(C)c(-n3c4nc(C)c(C(C)(C)OC)cc4c4c(N)ncnc43)c2C)cc1. The van der Waals surface area contributed by atoms with E-state index in [9.17, 15) is 0 Å². The zero-order chi connectivity index (χ0) is 27.2. The fourth-order valence-corrected chi connectivity index (χ4v) is 5.00. The number of aryl methyl sites for hydroxylation is 2. The van der Waals surface area contributed by atoms with Crippen LogP contribution in [0.25, 0.3) is 27.8 Å². The molecule has 3 aromatic heterocycles. The summed E-state index contributed by atoms with van der Waals surface area (Å²) in [6, 6.07) is 14.0. The average molecular weight is 512 g/mol. The quantitative estimate of drug-likeness (QED) is 0.289. The van der Waals surface area contributed by atoms with Gasteiger partial charge in [0.15, 0.2) is 5.65 Å². The zero-order valence-corrected chi connectivity index (χ0v) is 22.9. The number of nitrogens with two attached hydrogens (primary N) is 1. The minimum absolute atomic E-state index is 0.410. The molecule has 0 amide bonds. The number of rotatable bonds is 7. The van der Waals surface area contributed by atoms with Gasteiger partial charge in [-0.3, -0.25) is 4.57 Å². The number of hydrogen-bond donors (Lipinski definition) is 1. The molecule has 0 bridgehead atoms. The molecule has 0 aliphatic carbocycles. The highest BCUT2D eigenvalue weighted by Gasteiger charge is 2.27. The van der Waals surface area contributed by atoms with Crippen molar-refractivity contribution in [2.75, 3.05) is 20.0 Å². The van der Waals surface area contributed by atoms with E-state index in [1.54, 1.807) is 14.2 Å². The predicted octanol–water partition coefficient (Wildman–Crippen LogP) is 5.95. The normalized spacial score (nSPS) is 11.9. The molecule has 2 aromatic carbocycles. The van der Waals surface area contributed by atoms with E-state index in [4.69, 9.17) is 24.9 Å². The Hall–Kier alpha value is -4.17. The smallest absolute Gasteiger partial charge is 0.152 e. The van der Waals surface area contributed by atoms with Crippen molar-refractivity contribution in [3.63, 3.8) is 0 Å². The summed E-state index contributed by atoms with van der Waals surface area (Å²) in [5.41, 5.74) is 13.3. The molecule has 0 saturated heterocycles. The van der Waals surface area contributed by atoms with E-state index in [0.717, 1.165) is 61.6 Å². The van der Waals surface area contributed by atoms with E-state index in [-0.39, 0.29) is 0 Å². The maximum Gasteiger partial charge on any atom is 0.152 e. The Kier molecular flexibility index (Phi) is 6.44.